The SMILES string of the molecule is Cc1ccc(/C(=C/CS(=O)(=O)c2ccccc2)c2ccccc2)cc1. The fraction of sp³-hybridized carbons (Fsp3) is 0.0909. The zero-order valence-electron chi connectivity index (χ0n) is 14.1. The first-order valence-corrected chi connectivity index (χ1v) is 9.82. The second kappa shape index (κ2) is 7.49. The number of benzene rings is 3. The number of hydrogen-bond donors (Lipinski definition) is 0. The minimum atomic E-state index is -3.36. The average molecular weight is 348 g/mol. The molecule has 0 aliphatic heterocycles. The van der Waals surface area contributed by atoms with Crippen molar-refractivity contribution in [3.8, 4) is 0 Å². The molecule has 0 saturated heterocycles. The van der Waals surface area contributed by atoms with Crippen LogP contribution >= 0.6 is 0 Å². The van der Waals surface area contributed by atoms with E-state index in [9.17, 15) is 8.42 Å². The van der Waals surface area contributed by atoms with Gasteiger partial charge >= 0.3 is 0 Å². The van der Waals surface area contributed by atoms with Crippen molar-refractivity contribution in [1.29, 1.82) is 0 Å². The molecule has 3 heteroatoms. The molecule has 0 fully saturated rings. The lowest BCUT2D eigenvalue weighted by atomic mass is 9.97. The second-order valence-corrected chi connectivity index (χ2v) is 7.98. The summed E-state index contributed by atoms with van der Waals surface area (Å²) in [5.74, 6) is -0.0326. The summed E-state index contributed by atoms with van der Waals surface area (Å²) in [7, 11) is -3.36. The Morgan fingerprint density at radius 2 is 1.28 bits per heavy atom. The molecule has 0 amide bonds. The van der Waals surface area contributed by atoms with E-state index in [1.54, 1.807) is 24.3 Å². The van der Waals surface area contributed by atoms with Gasteiger partial charge in [-0.2, -0.15) is 0 Å². The number of rotatable bonds is 5. The lowest BCUT2D eigenvalue weighted by Crippen LogP contribution is -2.05. The van der Waals surface area contributed by atoms with E-state index in [1.807, 2.05) is 73.7 Å². The normalized spacial score (nSPS) is 12.1. The Morgan fingerprint density at radius 1 is 0.760 bits per heavy atom. The van der Waals surface area contributed by atoms with Crippen molar-refractivity contribution in [3.63, 3.8) is 0 Å². The van der Waals surface area contributed by atoms with E-state index in [4.69, 9.17) is 0 Å². The van der Waals surface area contributed by atoms with Gasteiger partial charge in [-0.1, -0.05) is 84.4 Å². The smallest absolute Gasteiger partial charge is 0.181 e. The maximum atomic E-state index is 12.6. The van der Waals surface area contributed by atoms with E-state index in [2.05, 4.69) is 0 Å². The third-order valence-corrected chi connectivity index (χ3v) is 5.65. The molecule has 2 nitrogen and oxygen atoms in total. The van der Waals surface area contributed by atoms with Crippen LogP contribution in [0.5, 0.6) is 0 Å². The Kier molecular flexibility index (Phi) is 5.15. The van der Waals surface area contributed by atoms with E-state index in [1.165, 1.54) is 5.56 Å². The maximum Gasteiger partial charge on any atom is 0.181 e. The molecule has 25 heavy (non-hydrogen) atoms. The van der Waals surface area contributed by atoms with Crippen molar-refractivity contribution in [1.82, 2.24) is 0 Å². The summed E-state index contributed by atoms with van der Waals surface area (Å²) in [6.45, 7) is 2.04. The molecule has 0 atom stereocenters. The molecular formula is C22H20O2S. The highest BCUT2D eigenvalue weighted by Gasteiger charge is 2.13. The van der Waals surface area contributed by atoms with Gasteiger partial charge in [0.2, 0.25) is 0 Å². The Hall–Kier alpha value is -2.65. The van der Waals surface area contributed by atoms with E-state index in [0.717, 1.165) is 16.7 Å². The highest BCUT2D eigenvalue weighted by molar-refractivity contribution is 7.91. The minimum Gasteiger partial charge on any atom is -0.223 e. The molecule has 0 aliphatic carbocycles. The molecule has 0 unspecified atom stereocenters. The highest BCUT2D eigenvalue weighted by Crippen LogP contribution is 2.24. The van der Waals surface area contributed by atoms with Crippen LogP contribution in [0.4, 0.5) is 0 Å². The number of sulfone groups is 1. The first-order valence-electron chi connectivity index (χ1n) is 8.17. The van der Waals surface area contributed by atoms with Crippen LogP contribution in [0.3, 0.4) is 0 Å². The van der Waals surface area contributed by atoms with Crippen LogP contribution < -0.4 is 0 Å². The summed E-state index contributed by atoms with van der Waals surface area (Å²) in [6, 6.07) is 26.6. The molecule has 0 spiro atoms. The predicted molar refractivity (Wildman–Crippen MR) is 103 cm³/mol. The minimum absolute atomic E-state index is 0.0326. The van der Waals surface area contributed by atoms with E-state index in [0.29, 0.717) is 4.90 Å². The van der Waals surface area contributed by atoms with Crippen molar-refractivity contribution in [3.05, 3.63) is 108 Å². The summed E-state index contributed by atoms with van der Waals surface area (Å²) in [6.07, 6.45) is 1.81. The van der Waals surface area contributed by atoms with Crippen LogP contribution in [0.1, 0.15) is 16.7 Å². The van der Waals surface area contributed by atoms with Gasteiger partial charge in [-0.3, -0.25) is 0 Å². The summed E-state index contributed by atoms with van der Waals surface area (Å²) in [5, 5.41) is 0. The molecule has 0 heterocycles. The summed E-state index contributed by atoms with van der Waals surface area (Å²) in [5.41, 5.74) is 4.13. The molecule has 0 bridgehead atoms. The Labute approximate surface area is 149 Å². The third kappa shape index (κ3) is 4.25. The maximum absolute atomic E-state index is 12.6. The van der Waals surface area contributed by atoms with Gasteiger partial charge in [0.05, 0.1) is 10.6 Å². The average Bonchev–Trinajstić information content (AvgIpc) is 2.65. The molecule has 126 valence electrons. The van der Waals surface area contributed by atoms with Gasteiger partial charge < -0.3 is 0 Å². The van der Waals surface area contributed by atoms with Crippen molar-refractivity contribution in [2.45, 2.75) is 11.8 Å². The van der Waals surface area contributed by atoms with Gasteiger partial charge in [-0.15, -0.1) is 0 Å². The fourth-order valence-electron chi connectivity index (χ4n) is 2.67. The fourth-order valence-corrected chi connectivity index (χ4v) is 3.82. The van der Waals surface area contributed by atoms with Crippen LogP contribution in [0.2, 0.25) is 0 Å². The van der Waals surface area contributed by atoms with Gasteiger partial charge in [-0.05, 0) is 35.8 Å². The third-order valence-electron chi connectivity index (χ3n) is 4.06. The largest absolute Gasteiger partial charge is 0.223 e. The lowest BCUT2D eigenvalue weighted by Gasteiger charge is -2.10. The molecule has 0 aromatic heterocycles. The van der Waals surface area contributed by atoms with Crippen molar-refractivity contribution < 1.29 is 8.42 Å². The Balaban J connectivity index is 2.00. The van der Waals surface area contributed by atoms with Crippen LogP contribution in [0.25, 0.3) is 5.57 Å². The molecule has 0 N–H and O–H groups in total. The first-order chi connectivity index (χ1) is 12.1. The quantitative estimate of drug-likeness (QED) is 0.657. The molecule has 0 radical (unpaired) electrons. The summed E-state index contributed by atoms with van der Waals surface area (Å²) >= 11 is 0. The molecular weight excluding hydrogens is 328 g/mol. The van der Waals surface area contributed by atoms with Crippen LogP contribution in [0, 0.1) is 6.92 Å². The predicted octanol–water partition coefficient (Wildman–Crippen LogP) is 4.90. The van der Waals surface area contributed by atoms with E-state index < -0.39 is 9.84 Å². The van der Waals surface area contributed by atoms with Crippen molar-refractivity contribution in [2.24, 2.45) is 0 Å². The van der Waals surface area contributed by atoms with Gasteiger partial charge in [0.1, 0.15) is 0 Å². The molecule has 0 saturated carbocycles. The van der Waals surface area contributed by atoms with E-state index >= 15 is 0 Å². The Bertz CT molecular complexity index is 956. The van der Waals surface area contributed by atoms with Gasteiger partial charge in [0.25, 0.3) is 0 Å². The monoisotopic (exact) mass is 348 g/mol. The van der Waals surface area contributed by atoms with Crippen LogP contribution in [-0.2, 0) is 9.84 Å². The topological polar surface area (TPSA) is 34.1 Å². The van der Waals surface area contributed by atoms with Gasteiger partial charge in [0.15, 0.2) is 9.84 Å². The molecule has 3 rings (SSSR count). The summed E-state index contributed by atoms with van der Waals surface area (Å²) < 4.78 is 25.2. The van der Waals surface area contributed by atoms with Gasteiger partial charge in [-0.25, -0.2) is 8.42 Å². The zero-order chi connectivity index (χ0) is 17.7. The van der Waals surface area contributed by atoms with Crippen molar-refractivity contribution in [2.75, 3.05) is 5.75 Å². The second-order valence-electron chi connectivity index (χ2n) is 5.94. The lowest BCUT2D eigenvalue weighted by molar-refractivity contribution is 0.599. The standard InChI is InChI=1S/C22H20O2S/c1-18-12-14-20(15-13-18)22(19-8-4-2-5-9-19)16-17-25(23,24)21-10-6-3-7-11-21/h2-16H,17H2,1H3/b22-16+. The number of hydrogen-bond acceptors (Lipinski definition) is 2. The highest BCUT2D eigenvalue weighted by atomic mass is 32.2. The molecule has 3 aromatic rings. The van der Waals surface area contributed by atoms with Gasteiger partial charge in [0, 0.05) is 0 Å². The Morgan fingerprint density at radius 3 is 1.88 bits per heavy atom. The molecule has 0 aliphatic rings. The van der Waals surface area contributed by atoms with Crippen molar-refractivity contribution >= 4 is 15.4 Å². The first kappa shape index (κ1) is 17.2. The van der Waals surface area contributed by atoms with Crippen LogP contribution in [0.15, 0.2) is 95.9 Å². The zero-order valence-corrected chi connectivity index (χ0v) is 14.9. The summed E-state index contributed by atoms with van der Waals surface area (Å²) in [4.78, 5) is 0.350. The molecule has 3 aromatic carbocycles. The number of aryl methyl sites for hydroxylation is 1. The van der Waals surface area contributed by atoms with E-state index in [-0.39, 0.29) is 5.75 Å². The van der Waals surface area contributed by atoms with Crippen LogP contribution in [-0.4, -0.2) is 14.2 Å².